The third kappa shape index (κ3) is 8.43. The van der Waals surface area contributed by atoms with E-state index >= 15 is 0 Å². The Balaban J connectivity index is 1.43. The van der Waals surface area contributed by atoms with Gasteiger partial charge in [-0.1, -0.05) is 58.4 Å². The molecule has 54 heavy (non-hydrogen) atoms. The first-order valence-corrected chi connectivity index (χ1v) is 19.5. The lowest BCUT2D eigenvalue weighted by molar-refractivity contribution is -0.361. The number of ether oxygens (including phenoxy) is 3. The number of carbonyl (C=O) groups excluding carboxylic acids is 4. The number of hydrogen-bond acceptors (Lipinski definition) is 10. The van der Waals surface area contributed by atoms with Crippen molar-refractivity contribution >= 4 is 50.7 Å². The van der Waals surface area contributed by atoms with Crippen LogP contribution in [0.4, 0.5) is 18.0 Å². The Hall–Kier alpha value is -4.45. The monoisotopic (exact) mass is 779 g/mol. The molecule has 18 heteroatoms. The fourth-order valence-corrected chi connectivity index (χ4v) is 8.40. The number of hydrogen-bond donors (Lipinski definition) is 3. The highest BCUT2D eigenvalue weighted by atomic mass is 32.2. The van der Waals surface area contributed by atoms with Crippen LogP contribution in [-0.4, -0.2) is 90.3 Å². The highest BCUT2D eigenvalue weighted by molar-refractivity contribution is 7.91. The molecular formula is C36H44F3N5O9S. The number of halogens is 3. The molecule has 3 heterocycles. The molecule has 4 bridgehead atoms. The zero-order valence-electron chi connectivity index (χ0n) is 30.3. The minimum absolute atomic E-state index is 0.0311. The lowest BCUT2D eigenvalue weighted by atomic mass is 9.85. The lowest BCUT2D eigenvalue weighted by Crippen LogP contribution is -2.62. The van der Waals surface area contributed by atoms with E-state index in [1.165, 1.54) is 6.20 Å². The molecule has 1 saturated heterocycles. The van der Waals surface area contributed by atoms with Crippen LogP contribution in [0.15, 0.2) is 36.5 Å². The maximum Gasteiger partial charge on any atom is 0.524 e. The number of aromatic nitrogens is 1. The van der Waals surface area contributed by atoms with Gasteiger partial charge in [0.25, 0.3) is 5.91 Å². The number of alkyl halides is 3. The van der Waals surface area contributed by atoms with Crippen LogP contribution in [0.3, 0.4) is 0 Å². The number of nitrogens with zero attached hydrogens (tertiary/aromatic N) is 2. The van der Waals surface area contributed by atoms with Gasteiger partial charge in [0.05, 0.1) is 11.9 Å². The van der Waals surface area contributed by atoms with Crippen molar-refractivity contribution in [3.63, 3.8) is 0 Å². The topological polar surface area (TPSA) is 182 Å². The number of benzene rings is 1. The molecule has 0 spiro atoms. The van der Waals surface area contributed by atoms with Gasteiger partial charge in [0.1, 0.15) is 23.7 Å². The first kappa shape index (κ1) is 39.2. The number of sulfonamides is 1. The Kier molecular flexibility index (Phi) is 10.7. The Morgan fingerprint density at radius 3 is 2.54 bits per heavy atom. The minimum atomic E-state index is -5.34. The van der Waals surface area contributed by atoms with Crippen LogP contribution in [0.2, 0.25) is 0 Å². The van der Waals surface area contributed by atoms with Crippen LogP contribution in [0.1, 0.15) is 78.2 Å². The molecule has 6 rings (SSSR count). The first-order valence-electron chi connectivity index (χ1n) is 17.9. The van der Waals surface area contributed by atoms with E-state index in [9.17, 15) is 40.8 Å². The van der Waals surface area contributed by atoms with Crippen LogP contribution in [0, 0.1) is 11.3 Å². The second kappa shape index (κ2) is 14.7. The summed E-state index contributed by atoms with van der Waals surface area (Å²) in [6.45, 7) is 6.41. The number of nitrogens with one attached hydrogen (secondary N) is 3. The number of amides is 4. The number of pyridine rings is 1. The van der Waals surface area contributed by atoms with Gasteiger partial charge in [0, 0.05) is 18.0 Å². The van der Waals surface area contributed by atoms with Crippen LogP contribution in [-0.2, 0) is 33.9 Å². The second-order valence-corrected chi connectivity index (χ2v) is 17.2. The maximum absolute atomic E-state index is 14.6. The number of rotatable bonds is 7. The average Bonchev–Trinajstić information content (AvgIpc) is 4.01. The Morgan fingerprint density at radius 1 is 1.15 bits per heavy atom. The van der Waals surface area contributed by atoms with Crippen LogP contribution < -0.4 is 20.1 Å². The van der Waals surface area contributed by atoms with Gasteiger partial charge in [-0.3, -0.25) is 28.7 Å². The molecule has 2 aliphatic carbocycles. The van der Waals surface area contributed by atoms with E-state index in [1.54, 1.807) is 45.9 Å². The van der Waals surface area contributed by atoms with Crippen molar-refractivity contribution in [1.29, 1.82) is 0 Å². The zero-order valence-corrected chi connectivity index (χ0v) is 31.1. The summed E-state index contributed by atoms with van der Waals surface area (Å²) < 4.78 is 86.5. The summed E-state index contributed by atoms with van der Waals surface area (Å²) in [7, 11) is -4.02. The summed E-state index contributed by atoms with van der Waals surface area (Å²) in [4.78, 5) is 60.4. The van der Waals surface area contributed by atoms with Gasteiger partial charge in [-0.2, -0.15) is 0 Å². The Bertz CT molecular complexity index is 1950. The lowest BCUT2D eigenvalue weighted by Gasteiger charge is -2.38. The average molecular weight is 780 g/mol. The summed E-state index contributed by atoms with van der Waals surface area (Å²) in [5.74, 6) is -3.71. The quantitative estimate of drug-likeness (QED) is 0.367. The number of allylic oxidation sites excluding steroid dienone is 1. The SMILES string of the molecule is CC[C@@H]1C[C@]1(NC(=O)[C@@H]1C[C@H]2Oc3nccc4ccc(cc34)/C=C/CCCOC(=O)N[C@@H](C(C)(C)C)C(=O)N1C2OC(F)(F)F)C(=O)NS(=O)(=O)C1CC1. The molecular weight excluding hydrogens is 735 g/mol. The van der Waals surface area contributed by atoms with Gasteiger partial charge in [0.15, 0.2) is 6.23 Å². The molecule has 3 fully saturated rings. The van der Waals surface area contributed by atoms with Gasteiger partial charge in [-0.05, 0) is 66.5 Å². The van der Waals surface area contributed by atoms with Crippen molar-refractivity contribution in [2.75, 3.05) is 6.61 Å². The fourth-order valence-electron chi connectivity index (χ4n) is 7.03. The molecule has 0 radical (unpaired) electrons. The molecule has 1 aromatic carbocycles. The van der Waals surface area contributed by atoms with E-state index in [2.05, 4.69) is 25.1 Å². The summed E-state index contributed by atoms with van der Waals surface area (Å²) in [6.07, 6.45) is -3.62. The van der Waals surface area contributed by atoms with Crippen LogP contribution in [0.5, 0.6) is 5.88 Å². The summed E-state index contributed by atoms with van der Waals surface area (Å²) in [5, 5.41) is 5.43. The van der Waals surface area contributed by atoms with Crippen molar-refractivity contribution in [1.82, 2.24) is 25.2 Å². The molecule has 4 aliphatic rings. The first-order chi connectivity index (χ1) is 25.3. The van der Waals surface area contributed by atoms with Crippen molar-refractivity contribution in [2.24, 2.45) is 11.3 Å². The predicted octanol–water partition coefficient (Wildman–Crippen LogP) is 4.29. The molecule has 2 saturated carbocycles. The van der Waals surface area contributed by atoms with Gasteiger partial charge < -0.3 is 20.1 Å². The van der Waals surface area contributed by atoms with Crippen molar-refractivity contribution in [3.8, 4) is 5.88 Å². The number of cyclic esters (lactones) is 1. The molecule has 14 nitrogen and oxygen atoms in total. The van der Waals surface area contributed by atoms with Gasteiger partial charge >= 0.3 is 12.5 Å². The normalized spacial score (nSPS) is 28.6. The van der Waals surface area contributed by atoms with E-state index in [0.29, 0.717) is 47.8 Å². The number of carbonyl (C=O) groups is 4. The molecule has 6 atom stereocenters. The summed E-state index contributed by atoms with van der Waals surface area (Å²) in [5.41, 5.74) is -2.13. The van der Waals surface area contributed by atoms with Gasteiger partial charge in [-0.25, -0.2) is 18.2 Å². The molecule has 2 aromatic rings. The van der Waals surface area contributed by atoms with Gasteiger partial charge in [0.2, 0.25) is 27.7 Å². The van der Waals surface area contributed by atoms with Gasteiger partial charge in [-0.15, -0.1) is 13.2 Å². The minimum Gasteiger partial charge on any atom is -0.469 e. The largest absolute Gasteiger partial charge is 0.524 e. The van der Waals surface area contributed by atoms with E-state index in [0.717, 1.165) is 5.56 Å². The standard InChI is InChI=1S/C36H44F3N5O9S/c1-5-22-19-35(22,32(47)43-54(49,50)23-12-13-23)42-28(45)25-18-26-31(53-36(37,38)39)44(25)30(46)27(34(2,3)4)41-33(48)51-16-8-6-7-9-20-10-11-21-14-15-40-29(52-26)24(21)17-20/h7,9-11,14-15,17,22-23,25-27,31H,5-6,8,12-13,16,18-19H2,1-4H3,(H,41,48)(H,42,45)(H,43,47)/b9-7+/t22-,25+,26-,27-,31?,35-/m1/s1. The zero-order chi connectivity index (χ0) is 39.2. The molecule has 3 N–H and O–H groups in total. The third-order valence-electron chi connectivity index (χ3n) is 10.2. The Morgan fingerprint density at radius 2 is 1.89 bits per heavy atom. The van der Waals surface area contributed by atoms with Crippen molar-refractivity contribution < 1.29 is 55.0 Å². The second-order valence-electron chi connectivity index (χ2n) is 15.3. The number of alkyl carbamates (subject to hydrolysis) is 1. The maximum atomic E-state index is 14.6. The summed E-state index contributed by atoms with van der Waals surface area (Å²) in [6, 6.07) is 3.73. The molecule has 4 amide bonds. The van der Waals surface area contributed by atoms with Crippen LogP contribution in [0.25, 0.3) is 16.8 Å². The highest BCUT2D eigenvalue weighted by Gasteiger charge is 2.63. The van der Waals surface area contributed by atoms with Crippen molar-refractivity contribution in [3.05, 3.63) is 42.1 Å². The molecule has 1 aromatic heterocycles. The number of fused-ring (bicyclic) bond motifs is 3. The predicted molar refractivity (Wildman–Crippen MR) is 188 cm³/mol. The molecule has 1 unspecified atom stereocenters. The Labute approximate surface area is 310 Å². The van der Waals surface area contributed by atoms with E-state index in [-0.39, 0.29) is 18.9 Å². The highest BCUT2D eigenvalue weighted by Crippen LogP contribution is 2.47. The van der Waals surface area contributed by atoms with E-state index < -0.39 is 93.2 Å². The van der Waals surface area contributed by atoms with E-state index in [1.807, 2.05) is 18.2 Å². The fraction of sp³-hybridized carbons (Fsp3) is 0.583. The molecule has 294 valence electrons. The van der Waals surface area contributed by atoms with Crippen LogP contribution >= 0.6 is 0 Å². The van der Waals surface area contributed by atoms with Crippen molar-refractivity contribution in [2.45, 2.75) is 114 Å². The smallest absolute Gasteiger partial charge is 0.469 e. The molecule has 2 aliphatic heterocycles. The third-order valence-corrected chi connectivity index (χ3v) is 12.0. The van der Waals surface area contributed by atoms with E-state index in [4.69, 9.17) is 9.47 Å². The summed E-state index contributed by atoms with van der Waals surface area (Å²) >= 11 is 0.